The van der Waals surface area contributed by atoms with Gasteiger partial charge in [-0.2, -0.15) is 0 Å². The van der Waals surface area contributed by atoms with Crippen molar-refractivity contribution in [3.63, 3.8) is 0 Å². The highest BCUT2D eigenvalue weighted by Crippen LogP contribution is 1.59. The van der Waals surface area contributed by atoms with E-state index in [-0.39, 0.29) is 5.68 Å². The molecule has 0 unspecified atom stereocenters. The predicted octanol–water partition coefficient (Wildman–Crippen LogP) is -1.79. The van der Waals surface area contributed by atoms with Crippen LogP contribution in [0.1, 0.15) is 0 Å². The van der Waals surface area contributed by atoms with Gasteiger partial charge < -0.3 is 4.42 Å². The van der Waals surface area contributed by atoms with E-state index in [0.29, 0.717) is 0 Å². The molecule has 0 aliphatic carbocycles. The smallest absolute Gasteiger partial charge is 0.375 e. The maximum atomic E-state index is 11.2. The molecule has 6 heteroatoms. The monoisotopic (exact) mass is 171 g/mol. The van der Waals surface area contributed by atoms with Gasteiger partial charge in [-0.05, 0) is 0 Å². The minimum Gasteiger partial charge on any atom is -0.375 e. The van der Waals surface area contributed by atoms with Gasteiger partial charge in [0, 0.05) is 21.1 Å². The highest BCUT2D eigenvalue weighted by atomic mass is 16.4. The maximum absolute atomic E-state index is 11.2. The van der Waals surface area contributed by atoms with Crippen molar-refractivity contribution in [1.82, 2.24) is 9.13 Å². The molecule has 0 fully saturated rings. The summed E-state index contributed by atoms with van der Waals surface area (Å²) in [5.74, 6) is -0.710. The van der Waals surface area contributed by atoms with Crippen LogP contribution in [0.3, 0.4) is 0 Å². The first-order valence-electron chi connectivity index (χ1n) is 3.28. The van der Waals surface area contributed by atoms with Gasteiger partial charge in [-0.15, -0.1) is 0 Å². The van der Waals surface area contributed by atoms with Crippen molar-refractivity contribution in [1.29, 1.82) is 0 Å². The minimum atomic E-state index is -0.710. The van der Waals surface area contributed by atoms with Crippen molar-refractivity contribution in [3.05, 3.63) is 26.7 Å². The van der Waals surface area contributed by atoms with Crippen molar-refractivity contribution in [3.8, 4) is 0 Å². The molecule has 1 rings (SSSR count). The standard InChI is InChI=1S/C6H9N3O3/c1-7-4-8(2)5(10)9(3)6(11)12-4/h1-3H3/b7-4+. The normalized spacial score (nSPS) is 12.1. The van der Waals surface area contributed by atoms with Gasteiger partial charge in [0.05, 0.1) is 0 Å². The Labute approximate surface area is 67.4 Å². The van der Waals surface area contributed by atoms with Gasteiger partial charge in [-0.3, -0.25) is 4.57 Å². The van der Waals surface area contributed by atoms with Gasteiger partial charge in [0.2, 0.25) is 0 Å². The highest BCUT2D eigenvalue weighted by Gasteiger charge is 2.01. The predicted molar refractivity (Wildman–Crippen MR) is 40.7 cm³/mol. The molecule has 0 aliphatic rings. The Bertz CT molecular complexity index is 462. The van der Waals surface area contributed by atoms with E-state index in [4.69, 9.17) is 0 Å². The second kappa shape index (κ2) is 2.80. The van der Waals surface area contributed by atoms with Crippen molar-refractivity contribution < 1.29 is 4.42 Å². The molecular formula is C6H9N3O3. The van der Waals surface area contributed by atoms with Gasteiger partial charge in [0.1, 0.15) is 0 Å². The Morgan fingerprint density at radius 2 is 1.83 bits per heavy atom. The number of rotatable bonds is 0. The summed E-state index contributed by atoms with van der Waals surface area (Å²) in [6, 6.07) is 0. The molecule has 0 atom stereocenters. The van der Waals surface area contributed by atoms with Crippen LogP contribution in [-0.4, -0.2) is 16.2 Å². The summed E-state index contributed by atoms with van der Waals surface area (Å²) >= 11 is 0. The van der Waals surface area contributed by atoms with E-state index in [9.17, 15) is 9.59 Å². The number of aromatic nitrogens is 2. The van der Waals surface area contributed by atoms with E-state index in [1.165, 1.54) is 21.1 Å². The first kappa shape index (κ1) is 8.51. The van der Waals surface area contributed by atoms with Crippen LogP contribution in [0.5, 0.6) is 0 Å². The third-order valence-electron chi connectivity index (χ3n) is 1.50. The van der Waals surface area contributed by atoms with E-state index in [2.05, 4.69) is 9.41 Å². The molecule has 0 aromatic carbocycles. The fourth-order valence-electron chi connectivity index (χ4n) is 0.796. The van der Waals surface area contributed by atoms with Crippen LogP contribution < -0.4 is 17.1 Å². The lowest BCUT2D eigenvalue weighted by Gasteiger charge is -1.98. The quantitative estimate of drug-likeness (QED) is 0.462. The third-order valence-corrected chi connectivity index (χ3v) is 1.50. The molecular weight excluding hydrogens is 162 g/mol. The van der Waals surface area contributed by atoms with Crippen molar-refractivity contribution in [2.24, 2.45) is 19.1 Å². The average Bonchev–Trinajstić information content (AvgIpc) is 2.08. The fraction of sp³-hybridized carbons (Fsp3) is 0.500. The van der Waals surface area contributed by atoms with Gasteiger partial charge in [-0.25, -0.2) is 19.1 Å². The molecule has 6 nitrogen and oxygen atoms in total. The van der Waals surface area contributed by atoms with Crippen LogP contribution in [0.2, 0.25) is 0 Å². The molecule has 0 N–H and O–H groups in total. The second-order valence-corrected chi connectivity index (χ2v) is 2.27. The van der Waals surface area contributed by atoms with Crippen LogP contribution in [-0.2, 0) is 14.1 Å². The zero-order valence-electron chi connectivity index (χ0n) is 7.07. The summed E-state index contributed by atoms with van der Waals surface area (Å²) in [5.41, 5.74) is -0.435. The van der Waals surface area contributed by atoms with Crippen molar-refractivity contribution in [2.45, 2.75) is 0 Å². The van der Waals surface area contributed by atoms with Crippen LogP contribution in [0.25, 0.3) is 0 Å². The summed E-state index contributed by atoms with van der Waals surface area (Å²) < 4.78 is 6.70. The molecule has 0 spiro atoms. The molecule has 0 aliphatic heterocycles. The molecule has 1 heterocycles. The number of nitrogens with zero attached hydrogens (tertiary/aromatic N) is 3. The zero-order chi connectivity index (χ0) is 9.30. The Morgan fingerprint density at radius 1 is 1.25 bits per heavy atom. The van der Waals surface area contributed by atoms with E-state index in [1.807, 2.05) is 0 Å². The van der Waals surface area contributed by atoms with Crippen LogP contribution in [0.15, 0.2) is 19.0 Å². The largest absolute Gasteiger partial charge is 0.425 e. The Balaban J connectivity index is 3.87. The third kappa shape index (κ3) is 1.11. The lowest BCUT2D eigenvalue weighted by molar-refractivity contribution is 0.338. The summed E-state index contributed by atoms with van der Waals surface area (Å²) in [6.07, 6.45) is 0. The molecule has 0 saturated heterocycles. The lowest BCUT2D eigenvalue weighted by Crippen LogP contribution is -2.44. The van der Waals surface area contributed by atoms with E-state index in [0.717, 1.165) is 9.13 Å². The van der Waals surface area contributed by atoms with E-state index in [1.54, 1.807) is 0 Å². The SMILES string of the molecule is C/N=c1/oc(=O)n(C)c(=O)n1C. The number of hydrogen-bond donors (Lipinski definition) is 0. The first-order valence-corrected chi connectivity index (χ1v) is 3.28. The Kier molecular flexibility index (Phi) is 1.99. The van der Waals surface area contributed by atoms with Gasteiger partial charge in [0.25, 0.3) is 0 Å². The van der Waals surface area contributed by atoms with Gasteiger partial charge in [-0.1, -0.05) is 0 Å². The lowest BCUT2D eigenvalue weighted by atomic mass is 10.9. The topological polar surface area (TPSA) is 69.5 Å². The molecule has 0 saturated carbocycles. The molecule has 0 radical (unpaired) electrons. The van der Waals surface area contributed by atoms with Crippen LogP contribution in [0, 0.1) is 0 Å². The summed E-state index contributed by atoms with van der Waals surface area (Å²) in [4.78, 5) is 25.7. The summed E-state index contributed by atoms with van der Waals surface area (Å²) in [6.45, 7) is 0. The van der Waals surface area contributed by atoms with Gasteiger partial charge in [0.15, 0.2) is 0 Å². The second-order valence-electron chi connectivity index (χ2n) is 2.27. The van der Waals surface area contributed by atoms with Crippen molar-refractivity contribution >= 4 is 0 Å². The summed E-state index contributed by atoms with van der Waals surface area (Å²) in [5, 5.41) is 0. The summed E-state index contributed by atoms with van der Waals surface area (Å²) in [7, 11) is 4.26. The van der Waals surface area contributed by atoms with Crippen molar-refractivity contribution in [2.75, 3.05) is 7.05 Å². The van der Waals surface area contributed by atoms with E-state index < -0.39 is 11.4 Å². The van der Waals surface area contributed by atoms with Crippen LogP contribution in [0.4, 0.5) is 0 Å². The molecule has 0 amide bonds. The molecule has 66 valence electrons. The molecule has 0 bridgehead atoms. The molecule has 1 aromatic heterocycles. The molecule has 1 aromatic rings. The zero-order valence-corrected chi connectivity index (χ0v) is 7.07. The first-order chi connectivity index (χ1) is 5.57. The Hall–Kier alpha value is -1.59. The maximum Gasteiger partial charge on any atom is 0.425 e. The minimum absolute atomic E-state index is 0.0168. The Morgan fingerprint density at radius 3 is 2.33 bits per heavy atom. The van der Waals surface area contributed by atoms with Crippen LogP contribution >= 0.6 is 0 Å². The average molecular weight is 171 g/mol. The van der Waals surface area contributed by atoms with Gasteiger partial charge >= 0.3 is 17.1 Å². The van der Waals surface area contributed by atoms with E-state index >= 15 is 0 Å². The fourth-order valence-corrected chi connectivity index (χ4v) is 0.796. The highest BCUT2D eigenvalue weighted by molar-refractivity contribution is 4.64. The molecule has 12 heavy (non-hydrogen) atoms. The number of hydrogen-bond acceptors (Lipinski definition) is 4.